The Bertz CT molecular complexity index is 736. The maximum atomic E-state index is 13.5. The molecule has 0 saturated carbocycles. The lowest BCUT2D eigenvalue weighted by Gasteiger charge is -2.14. The summed E-state index contributed by atoms with van der Waals surface area (Å²) in [5.74, 6) is -0.664. The molecule has 1 atom stereocenters. The van der Waals surface area contributed by atoms with Crippen molar-refractivity contribution < 1.29 is 18.7 Å². The minimum absolute atomic E-state index is 0.0398. The van der Waals surface area contributed by atoms with E-state index < -0.39 is 17.9 Å². The summed E-state index contributed by atoms with van der Waals surface area (Å²) in [5, 5.41) is 2.67. The predicted molar refractivity (Wildman–Crippen MR) is 86.1 cm³/mol. The van der Waals surface area contributed by atoms with Gasteiger partial charge in [-0.2, -0.15) is 0 Å². The topological polar surface area (TPSA) is 58.6 Å². The number of urea groups is 1. The van der Waals surface area contributed by atoms with Crippen LogP contribution in [0.1, 0.15) is 5.56 Å². The Hall–Kier alpha value is -2.89. The number of carbonyl (C=O) groups excluding carboxylic acids is 2. The van der Waals surface area contributed by atoms with Crippen molar-refractivity contribution in [2.45, 2.75) is 12.5 Å². The van der Waals surface area contributed by atoms with Crippen LogP contribution in [-0.4, -0.2) is 36.0 Å². The summed E-state index contributed by atoms with van der Waals surface area (Å²) in [7, 11) is 0. The van der Waals surface area contributed by atoms with Crippen molar-refractivity contribution in [2.75, 3.05) is 13.2 Å². The first kappa shape index (κ1) is 16.0. The quantitative estimate of drug-likeness (QED) is 0.828. The van der Waals surface area contributed by atoms with E-state index in [1.54, 1.807) is 12.1 Å². The Balaban J connectivity index is 1.55. The number of carbonyl (C=O) groups is 2. The summed E-state index contributed by atoms with van der Waals surface area (Å²) in [6.07, 6.45) is 0.441. The second kappa shape index (κ2) is 7.12. The maximum absolute atomic E-state index is 13.5. The van der Waals surface area contributed by atoms with Crippen molar-refractivity contribution >= 4 is 11.9 Å². The fourth-order valence-corrected chi connectivity index (χ4v) is 2.59. The highest BCUT2D eigenvalue weighted by Gasteiger charge is 2.37. The average Bonchev–Trinajstić information content (AvgIpc) is 2.85. The highest BCUT2D eigenvalue weighted by atomic mass is 19.1. The highest BCUT2D eigenvalue weighted by molar-refractivity contribution is 6.04. The number of hydrogen-bond acceptors (Lipinski definition) is 3. The number of nitrogens with one attached hydrogen (secondary N) is 1. The van der Waals surface area contributed by atoms with Crippen LogP contribution in [0.5, 0.6) is 5.75 Å². The number of imide groups is 1. The standard InChI is InChI=1S/C18H17FN2O3/c19-14-8-4-5-9-16(14)24-11-10-21-17(22)15(20-18(21)23)12-13-6-2-1-3-7-13/h1-9,15H,10-12H2,(H,20,23). The van der Waals surface area contributed by atoms with Crippen LogP contribution < -0.4 is 10.1 Å². The number of benzene rings is 2. The normalized spacial score (nSPS) is 17.0. The van der Waals surface area contributed by atoms with Gasteiger partial charge in [0.15, 0.2) is 11.6 Å². The zero-order chi connectivity index (χ0) is 16.9. The van der Waals surface area contributed by atoms with Crippen molar-refractivity contribution in [3.8, 4) is 5.75 Å². The summed E-state index contributed by atoms with van der Waals surface area (Å²) in [6, 6.07) is 14.5. The number of rotatable bonds is 6. The number of halogens is 1. The SMILES string of the molecule is O=C1NC(Cc2ccccc2)C(=O)N1CCOc1ccccc1F. The smallest absolute Gasteiger partial charge is 0.324 e. The minimum atomic E-state index is -0.576. The number of amides is 3. The number of hydrogen-bond donors (Lipinski definition) is 1. The monoisotopic (exact) mass is 328 g/mol. The predicted octanol–water partition coefficient (Wildman–Crippen LogP) is 2.37. The third-order valence-corrected chi connectivity index (χ3v) is 3.80. The van der Waals surface area contributed by atoms with Gasteiger partial charge in [-0.1, -0.05) is 42.5 Å². The van der Waals surface area contributed by atoms with Gasteiger partial charge in [-0.15, -0.1) is 0 Å². The molecule has 0 aromatic heterocycles. The first-order valence-corrected chi connectivity index (χ1v) is 7.68. The van der Waals surface area contributed by atoms with E-state index in [0.29, 0.717) is 6.42 Å². The molecular formula is C18H17FN2O3. The van der Waals surface area contributed by atoms with Crippen LogP contribution in [0.3, 0.4) is 0 Å². The van der Waals surface area contributed by atoms with Gasteiger partial charge in [0.1, 0.15) is 12.6 Å². The van der Waals surface area contributed by atoms with Gasteiger partial charge < -0.3 is 10.1 Å². The van der Waals surface area contributed by atoms with E-state index in [2.05, 4.69) is 5.32 Å². The Morgan fingerprint density at radius 3 is 2.50 bits per heavy atom. The third kappa shape index (κ3) is 3.53. The molecule has 5 nitrogen and oxygen atoms in total. The molecule has 1 fully saturated rings. The Morgan fingerprint density at radius 1 is 1.04 bits per heavy atom. The molecule has 124 valence electrons. The summed E-state index contributed by atoms with van der Waals surface area (Å²) in [5.41, 5.74) is 0.973. The molecule has 0 spiro atoms. The van der Waals surface area contributed by atoms with Gasteiger partial charge in [-0.05, 0) is 17.7 Å². The molecule has 3 amide bonds. The van der Waals surface area contributed by atoms with E-state index in [1.165, 1.54) is 12.1 Å². The molecule has 1 saturated heterocycles. The van der Waals surface area contributed by atoms with E-state index in [-0.39, 0.29) is 24.8 Å². The summed E-state index contributed by atoms with van der Waals surface area (Å²) < 4.78 is 18.8. The van der Waals surface area contributed by atoms with Crippen molar-refractivity contribution in [1.29, 1.82) is 0 Å². The molecule has 1 heterocycles. The fraction of sp³-hybridized carbons (Fsp3) is 0.222. The average molecular weight is 328 g/mol. The molecule has 1 unspecified atom stereocenters. The molecule has 2 aromatic carbocycles. The van der Waals surface area contributed by atoms with Crippen molar-refractivity contribution in [1.82, 2.24) is 10.2 Å². The Kier molecular flexibility index (Phi) is 4.74. The van der Waals surface area contributed by atoms with Crippen LogP contribution in [-0.2, 0) is 11.2 Å². The molecule has 3 rings (SSSR count). The van der Waals surface area contributed by atoms with Crippen molar-refractivity contribution in [3.63, 3.8) is 0 Å². The van der Waals surface area contributed by atoms with E-state index >= 15 is 0 Å². The minimum Gasteiger partial charge on any atom is -0.489 e. The Labute approximate surface area is 139 Å². The van der Waals surface area contributed by atoms with E-state index in [0.717, 1.165) is 10.5 Å². The van der Waals surface area contributed by atoms with Crippen molar-refractivity contribution in [2.24, 2.45) is 0 Å². The third-order valence-electron chi connectivity index (χ3n) is 3.80. The first-order chi connectivity index (χ1) is 11.6. The zero-order valence-corrected chi connectivity index (χ0v) is 12.9. The molecule has 0 bridgehead atoms. The maximum Gasteiger partial charge on any atom is 0.324 e. The molecule has 6 heteroatoms. The van der Waals surface area contributed by atoms with Gasteiger partial charge >= 0.3 is 6.03 Å². The number of ether oxygens (including phenoxy) is 1. The van der Waals surface area contributed by atoms with Gasteiger partial charge in [0.2, 0.25) is 0 Å². The lowest BCUT2D eigenvalue weighted by Crippen LogP contribution is -2.35. The molecule has 1 aliphatic heterocycles. The summed E-state index contributed by atoms with van der Waals surface area (Å²) in [4.78, 5) is 25.4. The van der Waals surface area contributed by atoms with Crippen LogP contribution in [0.15, 0.2) is 54.6 Å². The molecule has 24 heavy (non-hydrogen) atoms. The zero-order valence-electron chi connectivity index (χ0n) is 12.9. The van der Waals surface area contributed by atoms with E-state index in [9.17, 15) is 14.0 Å². The van der Waals surface area contributed by atoms with Gasteiger partial charge in [-0.25, -0.2) is 9.18 Å². The molecule has 0 radical (unpaired) electrons. The molecular weight excluding hydrogens is 311 g/mol. The summed E-state index contributed by atoms with van der Waals surface area (Å²) in [6.45, 7) is 0.114. The van der Waals surface area contributed by atoms with Crippen LogP contribution >= 0.6 is 0 Å². The molecule has 1 N–H and O–H groups in total. The second-order valence-electron chi connectivity index (χ2n) is 5.46. The lowest BCUT2D eigenvalue weighted by atomic mass is 10.1. The first-order valence-electron chi connectivity index (χ1n) is 7.68. The second-order valence-corrected chi connectivity index (χ2v) is 5.46. The van der Waals surface area contributed by atoms with E-state index in [1.807, 2.05) is 30.3 Å². The summed E-state index contributed by atoms with van der Waals surface area (Å²) >= 11 is 0. The molecule has 1 aliphatic rings. The fourth-order valence-electron chi connectivity index (χ4n) is 2.59. The molecule has 0 aliphatic carbocycles. The molecule has 2 aromatic rings. The largest absolute Gasteiger partial charge is 0.489 e. The highest BCUT2D eigenvalue weighted by Crippen LogP contribution is 2.16. The van der Waals surface area contributed by atoms with E-state index in [4.69, 9.17) is 4.74 Å². The van der Waals surface area contributed by atoms with Gasteiger partial charge in [0.25, 0.3) is 5.91 Å². The number of para-hydroxylation sites is 1. The lowest BCUT2D eigenvalue weighted by molar-refractivity contribution is -0.127. The van der Waals surface area contributed by atoms with Gasteiger partial charge in [0.05, 0.1) is 6.54 Å². The number of nitrogens with zero attached hydrogens (tertiary/aromatic N) is 1. The van der Waals surface area contributed by atoms with Crippen molar-refractivity contribution in [3.05, 3.63) is 66.0 Å². The van der Waals surface area contributed by atoms with Crippen LogP contribution in [0.25, 0.3) is 0 Å². The Morgan fingerprint density at radius 2 is 1.75 bits per heavy atom. The van der Waals surface area contributed by atoms with Crippen LogP contribution in [0.4, 0.5) is 9.18 Å². The van der Waals surface area contributed by atoms with Gasteiger partial charge in [-0.3, -0.25) is 9.69 Å². The van der Waals surface area contributed by atoms with Crippen LogP contribution in [0.2, 0.25) is 0 Å². The van der Waals surface area contributed by atoms with Crippen LogP contribution in [0, 0.1) is 5.82 Å². The van der Waals surface area contributed by atoms with Gasteiger partial charge in [0, 0.05) is 6.42 Å².